The third kappa shape index (κ3) is 2.78. The molecule has 2 aromatic rings. The summed E-state index contributed by atoms with van der Waals surface area (Å²) in [6.45, 7) is 2.66. The molecule has 1 heterocycles. The van der Waals surface area contributed by atoms with Gasteiger partial charge in [0.1, 0.15) is 5.69 Å². The summed E-state index contributed by atoms with van der Waals surface area (Å²) in [5.74, 6) is 0. The Bertz CT molecular complexity index is 491. The van der Waals surface area contributed by atoms with E-state index < -0.39 is 0 Å². The average Bonchev–Trinajstić information content (AvgIpc) is 2.72. The van der Waals surface area contributed by atoms with Crippen LogP contribution in [0.3, 0.4) is 0 Å². The fourth-order valence-corrected chi connectivity index (χ4v) is 1.77. The first-order valence-corrected chi connectivity index (χ1v) is 5.70. The molecule has 4 nitrogen and oxygen atoms in total. The van der Waals surface area contributed by atoms with Crippen molar-refractivity contribution in [3.05, 3.63) is 47.3 Å². The van der Waals surface area contributed by atoms with Crippen molar-refractivity contribution in [1.82, 2.24) is 15.0 Å². The van der Waals surface area contributed by atoms with E-state index in [4.69, 9.17) is 0 Å². The van der Waals surface area contributed by atoms with Crippen LogP contribution < -0.4 is 0 Å². The SMILES string of the molecule is Cc1c(C=O)nnn1CCCc1ccccc1. The van der Waals surface area contributed by atoms with Crippen molar-refractivity contribution < 1.29 is 4.79 Å². The number of carbonyl (C=O) groups is 1. The van der Waals surface area contributed by atoms with E-state index in [1.165, 1.54) is 5.56 Å². The minimum Gasteiger partial charge on any atom is -0.296 e. The highest BCUT2D eigenvalue weighted by Gasteiger charge is 2.06. The topological polar surface area (TPSA) is 47.8 Å². The van der Waals surface area contributed by atoms with Crippen molar-refractivity contribution in [3.8, 4) is 0 Å². The Kier molecular flexibility index (Phi) is 3.65. The number of aldehydes is 1. The molecule has 1 aromatic carbocycles. The summed E-state index contributed by atoms with van der Waals surface area (Å²) in [6, 6.07) is 10.3. The lowest BCUT2D eigenvalue weighted by Crippen LogP contribution is -2.04. The maximum absolute atomic E-state index is 10.6. The number of rotatable bonds is 5. The van der Waals surface area contributed by atoms with Gasteiger partial charge in [-0.2, -0.15) is 0 Å². The van der Waals surface area contributed by atoms with Gasteiger partial charge in [0.2, 0.25) is 0 Å². The standard InChI is InChI=1S/C13H15N3O/c1-11-13(10-17)14-15-16(11)9-5-8-12-6-3-2-4-7-12/h2-4,6-7,10H,5,8-9H2,1H3. The van der Waals surface area contributed by atoms with Crippen LogP contribution in [-0.4, -0.2) is 21.3 Å². The Morgan fingerprint density at radius 1 is 1.29 bits per heavy atom. The van der Waals surface area contributed by atoms with Gasteiger partial charge in [-0.05, 0) is 25.3 Å². The van der Waals surface area contributed by atoms with Crippen LogP contribution in [0.4, 0.5) is 0 Å². The van der Waals surface area contributed by atoms with Gasteiger partial charge in [0.15, 0.2) is 6.29 Å². The molecule has 2 rings (SSSR count). The molecule has 1 aromatic heterocycles. The summed E-state index contributed by atoms with van der Waals surface area (Å²) < 4.78 is 1.78. The van der Waals surface area contributed by atoms with Crippen molar-refractivity contribution >= 4 is 6.29 Å². The minimum atomic E-state index is 0.435. The average molecular weight is 229 g/mol. The third-order valence-corrected chi connectivity index (χ3v) is 2.81. The van der Waals surface area contributed by atoms with Crippen molar-refractivity contribution in [2.75, 3.05) is 0 Å². The lowest BCUT2D eigenvalue weighted by molar-refractivity contribution is 0.111. The molecule has 0 aliphatic rings. The summed E-state index contributed by atoms with van der Waals surface area (Å²) >= 11 is 0. The maximum atomic E-state index is 10.6. The van der Waals surface area contributed by atoms with Crippen LogP contribution in [0.25, 0.3) is 0 Å². The largest absolute Gasteiger partial charge is 0.296 e. The first-order chi connectivity index (χ1) is 8.31. The van der Waals surface area contributed by atoms with Crippen LogP contribution in [-0.2, 0) is 13.0 Å². The number of aromatic nitrogens is 3. The van der Waals surface area contributed by atoms with Crippen LogP contribution in [0.5, 0.6) is 0 Å². The molecule has 0 aliphatic carbocycles. The summed E-state index contributed by atoms with van der Waals surface area (Å²) in [4.78, 5) is 10.6. The van der Waals surface area contributed by atoms with E-state index in [2.05, 4.69) is 22.4 Å². The zero-order chi connectivity index (χ0) is 12.1. The van der Waals surface area contributed by atoms with E-state index in [0.29, 0.717) is 5.69 Å². The molecule has 0 radical (unpaired) electrons. The van der Waals surface area contributed by atoms with E-state index in [1.807, 2.05) is 25.1 Å². The molecule has 0 aliphatic heterocycles. The Labute approximate surface area is 100 Å². The van der Waals surface area contributed by atoms with Crippen molar-refractivity contribution in [2.45, 2.75) is 26.3 Å². The monoisotopic (exact) mass is 229 g/mol. The van der Waals surface area contributed by atoms with E-state index in [1.54, 1.807) is 4.68 Å². The van der Waals surface area contributed by atoms with Crippen molar-refractivity contribution in [2.24, 2.45) is 0 Å². The van der Waals surface area contributed by atoms with Crippen LogP contribution in [0.1, 0.15) is 28.2 Å². The second-order valence-corrected chi connectivity index (χ2v) is 3.99. The number of hydrogen-bond acceptors (Lipinski definition) is 3. The molecule has 0 amide bonds. The summed E-state index contributed by atoms with van der Waals surface area (Å²) in [7, 11) is 0. The van der Waals surface area contributed by atoms with Crippen molar-refractivity contribution in [3.63, 3.8) is 0 Å². The Morgan fingerprint density at radius 2 is 2.06 bits per heavy atom. The molecule has 88 valence electrons. The zero-order valence-electron chi connectivity index (χ0n) is 9.84. The zero-order valence-corrected chi connectivity index (χ0v) is 9.84. The number of carbonyl (C=O) groups excluding carboxylic acids is 1. The number of aryl methyl sites for hydroxylation is 2. The van der Waals surface area contributed by atoms with Gasteiger partial charge >= 0.3 is 0 Å². The molecule has 0 saturated carbocycles. The molecule has 0 fully saturated rings. The molecule has 0 unspecified atom stereocenters. The van der Waals surface area contributed by atoms with Gasteiger partial charge in [0.25, 0.3) is 0 Å². The van der Waals surface area contributed by atoms with E-state index in [0.717, 1.165) is 31.4 Å². The fourth-order valence-electron chi connectivity index (χ4n) is 1.77. The Balaban J connectivity index is 1.90. The molecular formula is C13H15N3O. The van der Waals surface area contributed by atoms with Gasteiger partial charge < -0.3 is 0 Å². The van der Waals surface area contributed by atoms with Gasteiger partial charge in [0, 0.05) is 6.54 Å². The maximum Gasteiger partial charge on any atom is 0.172 e. The molecule has 0 bridgehead atoms. The van der Waals surface area contributed by atoms with Gasteiger partial charge in [0.05, 0.1) is 5.69 Å². The third-order valence-electron chi connectivity index (χ3n) is 2.81. The van der Waals surface area contributed by atoms with Gasteiger partial charge in [-0.15, -0.1) is 5.10 Å². The lowest BCUT2D eigenvalue weighted by Gasteiger charge is -2.03. The first kappa shape index (κ1) is 11.5. The summed E-state index contributed by atoms with van der Waals surface area (Å²) in [6.07, 6.45) is 2.75. The van der Waals surface area contributed by atoms with E-state index in [9.17, 15) is 4.79 Å². The minimum absolute atomic E-state index is 0.435. The first-order valence-electron chi connectivity index (χ1n) is 5.70. The quantitative estimate of drug-likeness (QED) is 0.737. The lowest BCUT2D eigenvalue weighted by atomic mass is 10.1. The summed E-state index contributed by atoms with van der Waals surface area (Å²) in [5, 5.41) is 7.76. The van der Waals surface area contributed by atoms with Gasteiger partial charge in [-0.25, -0.2) is 4.68 Å². The number of hydrogen-bond donors (Lipinski definition) is 0. The van der Waals surface area contributed by atoms with Crippen molar-refractivity contribution in [1.29, 1.82) is 0 Å². The Hall–Kier alpha value is -1.97. The van der Waals surface area contributed by atoms with E-state index in [-0.39, 0.29) is 0 Å². The van der Waals surface area contributed by atoms with Crippen LogP contribution in [0.15, 0.2) is 30.3 Å². The van der Waals surface area contributed by atoms with Crippen LogP contribution >= 0.6 is 0 Å². The fraction of sp³-hybridized carbons (Fsp3) is 0.308. The predicted molar refractivity (Wildman–Crippen MR) is 64.9 cm³/mol. The molecule has 0 atom stereocenters. The highest BCUT2D eigenvalue weighted by atomic mass is 16.1. The molecule has 0 N–H and O–H groups in total. The molecule has 4 heteroatoms. The van der Waals surface area contributed by atoms with Crippen LogP contribution in [0.2, 0.25) is 0 Å². The highest BCUT2D eigenvalue weighted by Crippen LogP contribution is 2.06. The highest BCUT2D eigenvalue weighted by molar-refractivity contribution is 5.72. The second kappa shape index (κ2) is 5.39. The Morgan fingerprint density at radius 3 is 2.71 bits per heavy atom. The number of nitrogens with zero attached hydrogens (tertiary/aromatic N) is 3. The van der Waals surface area contributed by atoms with Crippen LogP contribution in [0, 0.1) is 6.92 Å². The van der Waals surface area contributed by atoms with Gasteiger partial charge in [-0.3, -0.25) is 4.79 Å². The van der Waals surface area contributed by atoms with E-state index >= 15 is 0 Å². The predicted octanol–water partition coefficient (Wildman–Crippen LogP) is 2.03. The molecule has 0 spiro atoms. The normalized spacial score (nSPS) is 10.4. The number of benzene rings is 1. The van der Waals surface area contributed by atoms with Gasteiger partial charge in [-0.1, -0.05) is 35.5 Å². The smallest absolute Gasteiger partial charge is 0.172 e. The molecular weight excluding hydrogens is 214 g/mol. The molecule has 17 heavy (non-hydrogen) atoms. The second-order valence-electron chi connectivity index (χ2n) is 3.99. The molecule has 0 saturated heterocycles. The summed E-state index contributed by atoms with van der Waals surface area (Å²) in [5.41, 5.74) is 2.60.